The third-order valence-electron chi connectivity index (χ3n) is 5.58. The molecule has 0 saturated carbocycles. The molecule has 0 heterocycles. The van der Waals surface area contributed by atoms with Gasteiger partial charge in [0.2, 0.25) is 0 Å². The van der Waals surface area contributed by atoms with E-state index in [1.165, 1.54) is 0 Å². The summed E-state index contributed by atoms with van der Waals surface area (Å²) < 4.78 is 10.8. The molecule has 0 bridgehead atoms. The second-order valence-corrected chi connectivity index (χ2v) is 9.84. The zero-order chi connectivity index (χ0) is 27.5. The van der Waals surface area contributed by atoms with E-state index in [0.717, 1.165) is 21.6 Å². The number of carbonyl (C=O) groups excluding carboxylic acids is 3. The van der Waals surface area contributed by atoms with Gasteiger partial charge in [0, 0.05) is 13.1 Å². The number of carbonyl (C=O) groups is 3. The minimum absolute atomic E-state index is 0.0636. The Morgan fingerprint density at radius 3 is 2.00 bits per heavy atom. The molecule has 3 aromatic carbocycles. The van der Waals surface area contributed by atoms with Crippen LogP contribution in [0.2, 0.25) is 0 Å². The molecule has 0 unspecified atom stereocenters. The van der Waals surface area contributed by atoms with E-state index < -0.39 is 29.7 Å². The summed E-state index contributed by atoms with van der Waals surface area (Å²) in [5, 5.41) is 2.78. The second-order valence-electron chi connectivity index (χ2n) is 9.84. The third kappa shape index (κ3) is 9.05. The maximum Gasteiger partial charge on any atom is 0.418 e. The van der Waals surface area contributed by atoms with Crippen molar-refractivity contribution in [2.45, 2.75) is 52.0 Å². The summed E-state index contributed by atoms with van der Waals surface area (Å²) in [5.41, 5.74) is 8.61. The first kappa shape index (κ1) is 28.4. The number of hydrogen-bond donors (Lipinski definition) is 2. The number of hydrogen-bond acceptors (Lipinski definition) is 6. The van der Waals surface area contributed by atoms with Crippen LogP contribution in [0.1, 0.15) is 49.1 Å². The molecule has 3 N–H and O–H groups in total. The summed E-state index contributed by atoms with van der Waals surface area (Å²) in [6, 6.07) is 24.4. The van der Waals surface area contributed by atoms with Gasteiger partial charge in [0.25, 0.3) is 0 Å². The van der Waals surface area contributed by atoms with Crippen LogP contribution in [-0.4, -0.2) is 35.1 Å². The quantitative estimate of drug-likeness (QED) is 0.381. The first-order valence-corrected chi connectivity index (χ1v) is 12.5. The highest BCUT2D eigenvalue weighted by atomic mass is 16.6. The van der Waals surface area contributed by atoms with Crippen LogP contribution in [0.5, 0.6) is 0 Å². The van der Waals surface area contributed by atoms with E-state index >= 15 is 0 Å². The van der Waals surface area contributed by atoms with E-state index in [9.17, 15) is 14.4 Å². The predicted molar refractivity (Wildman–Crippen MR) is 145 cm³/mol. The molecular weight excluding hydrogens is 482 g/mol. The monoisotopic (exact) mass is 517 g/mol. The largest absolute Gasteiger partial charge is 0.459 e. The van der Waals surface area contributed by atoms with Gasteiger partial charge in [-0.1, -0.05) is 84.9 Å². The van der Waals surface area contributed by atoms with Crippen molar-refractivity contribution in [1.29, 1.82) is 0 Å². The van der Waals surface area contributed by atoms with E-state index in [1.807, 2.05) is 60.7 Å². The Balaban J connectivity index is 1.61. The number of amides is 3. The number of imide groups is 1. The smallest absolute Gasteiger partial charge is 0.418 e. The zero-order valence-corrected chi connectivity index (χ0v) is 22.1. The average molecular weight is 518 g/mol. The summed E-state index contributed by atoms with van der Waals surface area (Å²) in [6.07, 6.45) is -0.229. The lowest BCUT2D eigenvalue weighted by Crippen LogP contribution is -2.44. The summed E-state index contributed by atoms with van der Waals surface area (Å²) in [7, 11) is 0. The molecule has 38 heavy (non-hydrogen) atoms. The van der Waals surface area contributed by atoms with Crippen LogP contribution in [0.3, 0.4) is 0 Å². The lowest BCUT2D eigenvalue weighted by Gasteiger charge is -2.22. The Morgan fingerprint density at radius 1 is 0.842 bits per heavy atom. The number of nitrogens with two attached hydrogens (primary N) is 1. The first-order valence-electron chi connectivity index (χ1n) is 12.5. The van der Waals surface area contributed by atoms with Crippen LogP contribution in [-0.2, 0) is 33.8 Å². The lowest BCUT2D eigenvalue weighted by molar-refractivity contribution is -0.156. The van der Waals surface area contributed by atoms with Crippen molar-refractivity contribution >= 4 is 18.1 Å². The Labute approximate surface area is 223 Å². The number of benzene rings is 3. The maximum atomic E-state index is 13.0. The molecule has 1 atom stereocenters. The number of ether oxygens (including phenoxy) is 2. The average Bonchev–Trinajstić information content (AvgIpc) is 2.91. The molecule has 200 valence electrons. The van der Waals surface area contributed by atoms with E-state index in [-0.39, 0.29) is 19.7 Å². The fourth-order valence-electron chi connectivity index (χ4n) is 3.58. The summed E-state index contributed by atoms with van der Waals surface area (Å²) in [5.74, 6) is -0.512. The highest BCUT2D eigenvalue weighted by Gasteiger charge is 2.24. The summed E-state index contributed by atoms with van der Waals surface area (Å²) in [6.45, 7) is 5.74. The van der Waals surface area contributed by atoms with Gasteiger partial charge < -0.3 is 20.5 Å². The Morgan fingerprint density at radius 2 is 1.42 bits per heavy atom. The van der Waals surface area contributed by atoms with Gasteiger partial charge in [0.15, 0.2) is 0 Å². The normalized spacial score (nSPS) is 11.8. The van der Waals surface area contributed by atoms with Gasteiger partial charge >= 0.3 is 18.1 Å². The van der Waals surface area contributed by atoms with E-state index in [1.54, 1.807) is 45.0 Å². The van der Waals surface area contributed by atoms with Crippen molar-refractivity contribution in [2.75, 3.05) is 6.54 Å². The maximum absolute atomic E-state index is 13.0. The van der Waals surface area contributed by atoms with Crippen molar-refractivity contribution in [3.05, 3.63) is 107 Å². The van der Waals surface area contributed by atoms with Crippen LogP contribution in [0.4, 0.5) is 9.59 Å². The number of nitrogens with zero attached hydrogens (tertiary/aromatic N) is 1. The van der Waals surface area contributed by atoms with Gasteiger partial charge in [-0.15, -0.1) is 0 Å². The van der Waals surface area contributed by atoms with E-state index in [0.29, 0.717) is 12.0 Å². The zero-order valence-electron chi connectivity index (χ0n) is 22.1. The van der Waals surface area contributed by atoms with Gasteiger partial charge in [-0.05, 0) is 49.4 Å². The van der Waals surface area contributed by atoms with Crippen LogP contribution >= 0.6 is 0 Å². The second kappa shape index (κ2) is 13.4. The Hall–Kier alpha value is -4.17. The number of urea groups is 1. The fourth-order valence-corrected chi connectivity index (χ4v) is 3.58. The van der Waals surface area contributed by atoms with Gasteiger partial charge in [-0.2, -0.15) is 0 Å². The highest BCUT2D eigenvalue weighted by Crippen LogP contribution is 2.17. The van der Waals surface area contributed by atoms with Crippen molar-refractivity contribution < 1.29 is 23.9 Å². The number of esters is 1. The van der Waals surface area contributed by atoms with Gasteiger partial charge in [-0.25, -0.2) is 19.3 Å². The summed E-state index contributed by atoms with van der Waals surface area (Å²) in [4.78, 5) is 39.2. The lowest BCUT2D eigenvalue weighted by atomic mass is 10.1. The SMILES string of the molecule is CC(C)(C)OC(=O)[C@@H](N)c1ccc(CNC(=O)N(CCc2ccccc2)C(=O)OCc2ccccc2)cc1. The van der Waals surface area contributed by atoms with Crippen LogP contribution < -0.4 is 11.1 Å². The van der Waals surface area contributed by atoms with Crippen molar-refractivity contribution in [3.8, 4) is 0 Å². The molecule has 3 aromatic rings. The Kier molecular flexibility index (Phi) is 10.0. The molecule has 8 nitrogen and oxygen atoms in total. The molecule has 0 aliphatic heterocycles. The fraction of sp³-hybridized carbons (Fsp3) is 0.300. The minimum Gasteiger partial charge on any atom is -0.459 e. The van der Waals surface area contributed by atoms with Gasteiger partial charge in [0.1, 0.15) is 18.2 Å². The van der Waals surface area contributed by atoms with Crippen molar-refractivity contribution in [1.82, 2.24) is 10.2 Å². The minimum atomic E-state index is -0.911. The van der Waals surface area contributed by atoms with Crippen molar-refractivity contribution in [3.63, 3.8) is 0 Å². The standard InChI is InChI=1S/C30H35N3O5/c1-30(2,3)38-27(34)26(31)25-16-14-23(15-17-25)20-32-28(35)33(19-18-22-10-6-4-7-11-22)29(36)37-21-24-12-8-5-9-13-24/h4-17,26H,18-21,31H2,1-3H3,(H,32,35)/t26-/m0/s1. The number of rotatable bonds is 9. The highest BCUT2D eigenvalue weighted by molar-refractivity contribution is 5.90. The molecule has 0 fully saturated rings. The Bertz CT molecular complexity index is 1190. The van der Waals surface area contributed by atoms with Crippen LogP contribution in [0.15, 0.2) is 84.9 Å². The molecule has 3 amide bonds. The molecule has 0 spiro atoms. The summed E-state index contributed by atoms with van der Waals surface area (Å²) >= 11 is 0. The van der Waals surface area contributed by atoms with Gasteiger partial charge in [0.05, 0.1) is 0 Å². The molecule has 0 aliphatic rings. The van der Waals surface area contributed by atoms with Gasteiger partial charge in [-0.3, -0.25) is 0 Å². The predicted octanol–water partition coefficient (Wildman–Crippen LogP) is 5.12. The molecule has 0 aliphatic carbocycles. The van der Waals surface area contributed by atoms with E-state index in [2.05, 4.69) is 5.32 Å². The number of nitrogens with one attached hydrogen (secondary N) is 1. The van der Waals surface area contributed by atoms with E-state index in [4.69, 9.17) is 15.2 Å². The topological polar surface area (TPSA) is 111 Å². The van der Waals surface area contributed by atoms with Crippen LogP contribution in [0, 0.1) is 0 Å². The van der Waals surface area contributed by atoms with Crippen LogP contribution in [0.25, 0.3) is 0 Å². The molecular formula is C30H35N3O5. The molecule has 3 rings (SSSR count). The first-order chi connectivity index (χ1) is 18.1. The third-order valence-corrected chi connectivity index (χ3v) is 5.58. The molecule has 0 saturated heterocycles. The molecule has 8 heteroatoms. The van der Waals surface area contributed by atoms with Crippen molar-refractivity contribution in [2.24, 2.45) is 5.73 Å². The molecule has 0 radical (unpaired) electrons. The molecule has 0 aromatic heterocycles.